The van der Waals surface area contributed by atoms with Crippen LogP contribution >= 0.6 is 0 Å². The Kier molecular flexibility index (Phi) is 7.06. The maximum atomic E-state index is 11.6. The number of carbonyl (C=O) groups is 1. The second-order valence-electron chi connectivity index (χ2n) is 4.99. The van der Waals surface area contributed by atoms with Gasteiger partial charge in [-0.05, 0) is 0 Å². The third kappa shape index (κ3) is 4.81. The average Bonchev–Trinajstić information content (AvgIpc) is 2.46. The van der Waals surface area contributed by atoms with E-state index in [2.05, 4.69) is 11.9 Å². The van der Waals surface area contributed by atoms with Gasteiger partial charge in [-0.25, -0.2) is 0 Å². The number of aliphatic hydroxyl groups is 4. The largest absolute Gasteiger partial charge is 0.480 e. The van der Waals surface area contributed by atoms with Crippen LogP contribution in [0.25, 0.3) is 0 Å². The van der Waals surface area contributed by atoms with Gasteiger partial charge in [0.1, 0.15) is 24.4 Å². The predicted octanol–water partition coefficient (Wildman–Crippen LogP) is -3.23. The summed E-state index contributed by atoms with van der Waals surface area (Å²) in [6.07, 6.45) is -3.41. The number of aliphatic carboxylic acids is 1. The van der Waals surface area contributed by atoms with Crippen molar-refractivity contribution >= 4 is 16.8 Å². The van der Waals surface area contributed by atoms with E-state index in [4.69, 9.17) is 9.84 Å². The first-order valence-electron chi connectivity index (χ1n) is 6.54. The number of hydrogen-bond donors (Lipinski definition) is 6. The number of nitrogens with one attached hydrogen (secondary N) is 1. The Labute approximate surface area is 129 Å². The first kappa shape index (κ1) is 19.2. The fourth-order valence-electron chi connectivity index (χ4n) is 1.92. The molecule has 0 spiro atoms. The minimum absolute atomic E-state index is 0.125. The molecular weight excluding hydrogens is 318 g/mol. The van der Waals surface area contributed by atoms with Gasteiger partial charge in [-0.3, -0.25) is 14.3 Å². The van der Waals surface area contributed by atoms with Crippen LogP contribution in [0.2, 0.25) is 0 Å². The van der Waals surface area contributed by atoms with Crippen molar-refractivity contribution < 1.29 is 39.3 Å². The molecule has 0 aliphatic carbocycles. The van der Waals surface area contributed by atoms with Crippen molar-refractivity contribution in [3.05, 3.63) is 12.7 Å². The lowest BCUT2D eigenvalue weighted by molar-refractivity contribution is -0.318. The number of carboxylic acids is 1. The Hall–Kier alpha value is -0.880. The molecule has 0 bridgehead atoms. The zero-order valence-corrected chi connectivity index (χ0v) is 12.6. The van der Waals surface area contributed by atoms with E-state index in [1.165, 1.54) is 6.08 Å². The average molecular weight is 339 g/mol. The number of ether oxygens (including phenoxy) is 1. The lowest BCUT2D eigenvalue weighted by Gasteiger charge is -2.42. The summed E-state index contributed by atoms with van der Waals surface area (Å²) in [4.78, 5) is 11.1. The van der Waals surface area contributed by atoms with Gasteiger partial charge in [0.25, 0.3) is 0 Å². The zero-order valence-electron chi connectivity index (χ0n) is 11.8. The summed E-state index contributed by atoms with van der Waals surface area (Å²) in [7, 11) is -1.45. The van der Waals surface area contributed by atoms with Crippen molar-refractivity contribution in [3.63, 3.8) is 0 Å². The highest BCUT2D eigenvalue weighted by Crippen LogP contribution is 2.23. The minimum atomic E-state index is -2.26. The van der Waals surface area contributed by atoms with Crippen LogP contribution in [0.1, 0.15) is 0 Å². The van der Waals surface area contributed by atoms with Gasteiger partial charge in [-0.2, -0.15) is 0 Å². The number of carboxylic acid groups (broad SMARTS) is 1. The Morgan fingerprint density at radius 2 is 2.14 bits per heavy atom. The molecule has 0 aromatic carbocycles. The van der Waals surface area contributed by atoms with E-state index in [-0.39, 0.29) is 11.5 Å². The standard InChI is InChI=1S/C12H21NO8S/c1-2-3-22(20)5-7(11(17)18)13-6-12(19)10(16)9(15)8(14)4-21-12/h2,7-10,13-16,19H,1,3-6H2,(H,17,18)/t7-,8+,9+,10-,12+,22?/m0/s1. The topological polar surface area (TPSA) is 157 Å². The molecule has 1 saturated heterocycles. The summed E-state index contributed by atoms with van der Waals surface area (Å²) < 4.78 is 16.5. The van der Waals surface area contributed by atoms with Gasteiger partial charge in [0.2, 0.25) is 5.79 Å². The van der Waals surface area contributed by atoms with Crippen molar-refractivity contribution in [1.82, 2.24) is 5.32 Å². The SMILES string of the molecule is C=CCS(=O)C[C@H](NC[C@@]1(O)OC[C@@H](O)[C@@H](O)[C@@H]1O)C(=O)O. The van der Waals surface area contributed by atoms with E-state index in [1.807, 2.05) is 0 Å². The molecule has 10 heteroatoms. The fourth-order valence-corrected chi connectivity index (χ4v) is 2.95. The summed E-state index contributed by atoms with van der Waals surface area (Å²) in [5.74, 6) is -3.64. The highest BCUT2D eigenvalue weighted by Gasteiger charge is 2.48. The molecule has 0 aromatic rings. The second-order valence-corrected chi connectivity index (χ2v) is 6.54. The van der Waals surface area contributed by atoms with Crippen LogP contribution in [0, 0.1) is 0 Å². The predicted molar refractivity (Wildman–Crippen MR) is 76.4 cm³/mol. The summed E-state index contributed by atoms with van der Waals surface area (Å²) >= 11 is 0. The van der Waals surface area contributed by atoms with E-state index >= 15 is 0 Å². The summed E-state index contributed by atoms with van der Waals surface area (Å²) in [6.45, 7) is 2.46. The van der Waals surface area contributed by atoms with Gasteiger partial charge in [0.05, 0.1) is 13.2 Å². The maximum Gasteiger partial charge on any atom is 0.321 e. The summed E-state index contributed by atoms with van der Waals surface area (Å²) in [5, 5.41) is 50.2. The molecule has 0 saturated carbocycles. The quantitative estimate of drug-likeness (QED) is 0.250. The van der Waals surface area contributed by atoms with E-state index in [0.717, 1.165) is 0 Å². The highest BCUT2D eigenvalue weighted by atomic mass is 32.2. The molecule has 1 fully saturated rings. The lowest BCUT2D eigenvalue weighted by Crippen LogP contribution is -2.65. The molecule has 6 N–H and O–H groups in total. The number of hydrogen-bond acceptors (Lipinski definition) is 8. The number of rotatable bonds is 8. The molecule has 1 aliphatic heterocycles. The van der Waals surface area contributed by atoms with Gasteiger partial charge < -0.3 is 30.3 Å². The molecular formula is C12H21NO8S. The van der Waals surface area contributed by atoms with E-state index in [1.54, 1.807) is 0 Å². The summed E-state index contributed by atoms with van der Waals surface area (Å²) in [5.41, 5.74) is 0. The maximum absolute atomic E-state index is 11.6. The van der Waals surface area contributed by atoms with Crippen molar-refractivity contribution in [2.24, 2.45) is 0 Å². The van der Waals surface area contributed by atoms with Gasteiger partial charge in [-0.15, -0.1) is 6.58 Å². The molecule has 1 aliphatic rings. The molecule has 0 radical (unpaired) electrons. The van der Waals surface area contributed by atoms with Crippen molar-refractivity contribution in [3.8, 4) is 0 Å². The van der Waals surface area contributed by atoms with E-state index in [9.17, 15) is 29.4 Å². The second kappa shape index (κ2) is 8.11. The third-order valence-corrected chi connectivity index (χ3v) is 4.55. The Balaban J connectivity index is 2.65. The van der Waals surface area contributed by atoms with Crippen LogP contribution in [-0.4, -0.2) is 90.5 Å². The molecule has 1 unspecified atom stereocenters. The van der Waals surface area contributed by atoms with Crippen molar-refractivity contribution in [1.29, 1.82) is 0 Å². The lowest BCUT2D eigenvalue weighted by atomic mass is 9.96. The fraction of sp³-hybridized carbons (Fsp3) is 0.750. The van der Waals surface area contributed by atoms with E-state index < -0.39 is 60.1 Å². The zero-order chi connectivity index (χ0) is 16.9. The first-order valence-corrected chi connectivity index (χ1v) is 8.02. The molecule has 0 amide bonds. The first-order chi connectivity index (χ1) is 10.2. The van der Waals surface area contributed by atoms with Crippen LogP contribution in [0.15, 0.2) is 12.7 Å². The van der Waals surface area contributed by atoms with Gasteiger partial charge in [-0.1, -0.05) is 6.08 Å². The molecule has 6 atom stereocenters. The van der Waals surface area contributed by atoms with Crippen LogP contribution < -0.4 is 5.32 Å². The molecule has 0 aromatic heterocycles. The van der Waals surface area contributed by atoms with Crippen molar-refractivity contribution in [2.45, 2.75) is 30.1 Å². The van der Waals surface area contributed by atoms with Crippen LogP contribution in [0.5, 0.6) is 0 Å². The molecule has 9 nitrogen and oxygen atoms in total. The molecule has 1 heterocycles. The Morgan fingerprint density at radius 1 is 1.50 bits per heavy atom. The van der Waals surface area contributed by atoms with Crippen molar-refractivity contribution in [2.75, 3.05) is 24.7 Å². The summed E-state index contributed by atoms with van der Waals surface area (Å²) in [6, 6.07) is -1.25. The highest BCUT2D eigenvalue weighted by molar-refractivity contribution is 7.85. The van der Waals surface area contributed by atoms with Crippen LogP contribution in [0.3, 0.4) is 0 Å². The van der Waals surface area contributed by atoms with Gasteiger partial charge >= 0.3 is 5.97 Å². The third-order valence-electron chi connectivity index (χ3n) is 3.24. The van der Waals surface area contributed by atoms with Crippen LogP contribution in [0.4, 0.5) is 0 Å². The van der Waals surface area contributed by atoms with Gasteiger partial charge in [0, 0.05) is 22.3 Å². The van der Waals surface area contributed by atoms with Gasteiger partial charge in [0.15, 0.2) is 0 Å². The smallest absolute Gasteiger partial charge is 0.321 e. The van der Waals surface area contributed by atoms with Crippen LogP contribution in [-0.2, 0) is 20.3 Å². The monoisotopic (exact) mass is 339 g/mol. The van der Waals surface area contributed by atoms with E-state index in [0.29, 0.717) is 0 Å². The Bertz CT molecular complexity index is 433. The normalized spacial score (nSPS) is 34.8. The Morgan fingerprint density at radius 3 is 2.68 bits per heavy atom. The molecule has 1 rings (SSSR count). The number of aliphatic hydroxyl groups excluding tert-OH is 3. The molecule has 128 valence electrons. The minimum Gasteiger partial charge on any atom is -0.480 e. The molecule has 22 heavy (non-hydrogen) atoms.